The van der Waals surface area contributed by atoms with Crippen LogP contribution in [0.3, 0.4) is 0 Å². The fourth-order valence-electron chi connectivity index (χ4n) is 1.33. The molecule has 19 heavy (non-hydrogen) atoms. The summed E-state index contributed by atoms with van der Waals surface area (Å²) in [7, 11) is -0.291. The molecule has 0 radical (unpaired) electrons. The second kappa shape index (κ2) is 6.39. The first-order valence-electron chi connectivity index (χ1n) is 5.22. The second-order valence-corrected chi connectivity index (χ2v) is 5.39. The Morgan fingerprint density at radius 2 is 1.21 bits per heavy atom. The van der Waals surface area contributed by atoms with E-state index < -0.39 is 11.6 Å². The van der Waals surface area contributed by atoms with Gasteiger partial charge in [0.2, 0.25) is 0 Å². The Kier molecular flexibility index (Phi) is 4.82. The van der Waals surface area contributed by atoms with Gasteiger partial charge in [0, 0.05) is 8.95 Å². The van der Waals surface area contributed by atoms with E-state index in [1.54, 1.807) is 12.1 Å². The summed E-state index contributed by atoms with van der Waals surface area (Å²) in [5.74, 6) is -0.961. The number of halogens is 4. The van der Waals surface area contributed by atoms with Crippen LogP contribution in [-0.4, -0.2) is 7.69 Å². The highest BCUT2D eigenvalue weighted by atomic mass is 79.9. The van der Waals surface area contributed by atoms with E-state index in [4.69, 9.17) is 9.31 Å². The molecule has 0 aromatic heterocycles. The normalized spacial score (nSPS) is 10.1. The molecule has 2 rings (SSSR count). The largest absolute Gasteiger partial charge is 0.576 e. The van der Waals surface area contributed by atoms with Crippen molar-refractivity contribution in [3.8, 4) is 11.5 Å². The van der Waals surface area contributed by atoms with Crippen molar-refractivity contribution in [2.24, 2.45) is 0 Å². The summed E-state index contributed by atoms with van der Waals surface area (Å²) in [6.07, 6.45) is 0. The first kappa shape index (κ1) is 14.3. The van der Waals surface area contributed by atoms with Crippen LogP contribution in [0.5, 0.6) is 11.5 Å². The summed E-state index contributed by atoms with van der Waals surface area (Å²) < 4.78 is 38.3. The van der Waals surface area contributed by atoms with E-state index in [0.717, 1.165) is 0 Å². The Balaban J connectivity index is 2.00. The molecule has 0 saturated carbocycles. The van der Waals surface area contributed by atoms with Crippen LogP contribution < -0.4 is 9.31 Å². The molecule has 0 aliphatic rings. The monoisotopic (exact) mass is 390 g/mol. The molecule has 2 nitrogen and oxygen atoms in total. The maximum atomic E-state index is 13.4. The van der Waals surface area contributed by atoms with E-state index in [1.807, 2.05) is 0 Å². The van der Waals surface area contributed by atoms with Gasteiger partial charge in [-0.1, -0.05) is 31.9 Å². The van der Waals surface area contributed by atoms with Crippen LogP contribution >= 0.6 is 31.9 Å². The second-order valence-electron chi connectivity index (χ2n) is 3.56. The number of hydrogen-bond acceptors (Lipinski definition) is 2. The first-order valence-corrected chi connectivity index (χ1v) is 6.80. The smallest absolute Gasteiger partial charge is 0.526 e. The molecule has 7 heteroatoms. The lowest BCUT2D eigenvalue weighted by atomic mass is 10.3. The van der Waals surface area contributed by atoms with Crippen molar-refractivity contribution in [3.05, 3.63) is 57.0 Å². The quantitative estimate of drug-likeness (QED) is 0.727. The molecule has 0 amide bonds. The summed E-state index contributed by atoms with van der Waals surface area (Å²) in [4.78, 5) is 0. The van der Waals surface area contributed by atoms with E-state index in [0.29, 0.717) is 8.95 Å². The van der Waals surface area contributed by atoms with Crippen molar-refractivity contribution >= 4 is 39.5 Å². The van der Waals surface area contributed by atoms with Gasteiger partial charge < -0.3 is 9.31 Å². The van der Waals surface area contributed by atoms with Crippen LogP contribution in [0.1, 0.15) is 0 Å². The van der Waals surface area contributed by atoms with Crippen molar-refractivity contribution in [1.82, 2.24) is 0 Å². The minimum absolute atomic E-state index is 0.0322. The lowest BCUT2D eigenvalue weighted by Crippen LogP contribution is -2.12. The fraction of sp³-hybridized carbons (Fsp3) is 0. The molecular weight excluding hydrogens is 385 g/mol. The van der Waals surface area contributed by atoms with Gasteiger partial charge in [-0.3, -0.25) is 0 Å². The van der Waals surface area contributed by atoms with Crippen LogP contribution in [0.25, 0.3) is 0 Å². The lowest BCUT2D eigenvalue weighted by molar-refractivity contribution is 0.421. The van der Waals surface area contributed by atoms with Gasteiger partial charge >= 0.3 is 7.69 Å². The maximum Gasteiger partial charge on any atom is 0.576 e. The van der Waals surface area contributed by atoms with Gasteiger partial charge in [-0.2, -0.15) is 0 Å². The van der Waals surface area contributed by atoms with Crippen LogP contribution in [0.4, 0.5) is 8.78 Å². The highest BCUT2D eigenvalue weighted by Crippen LogP contribution is 2.24. The molecule has 0 spiro atoms. The third-order valence-electron chi connectivity index (χ3n) is 2.22. The van der Waals surface area contributed by atoms with Crippen LogP contribution in [0, 0.1) is 11.6 Å². The van der Waals surface area contributed by atoms with Crippen molar-refractivity contribution in [1.29, 1.82) is 0 Å². The highest BCUT2D eigenvalue weighted by molar-refractivity contribution is 9.10. The maximum absolute atomic E-state index is 13.4. The van der Waals surface area contributed by atoms with E-state index in [1.165, 1.54) is 24.3 Å². The molecule has 0 saturated heterocycles. The molecule has 2 aromatic rings. The predicted molar refractivity (Wildman–Crippen MR) is 76.6 cm³/mol. The van der Waals surface area contributed by atoms with Gasteiger partial charge in [-0.05, 0) is 36.4 Å². The van der Waals surface area contributed by atoms with E-state index in [2.05, 4.69) is 31.9 Å². The van der Waals surface area contributed by atoms with Crippen molar-refractivity contribution in [2.45, 2.75) is 0 Å². The van der Waals surface area contributed by atoms with Gasteiger partial charge in [0.25, 0.3) is 0 Å². The average molecular weight is 392 g/mol. The van der Waals surface area contributed by atoms with Gasteiger partial charge in [0.05, 0.1) is 0 Å². The first-order chi connectivity index (χ1) is 9.06. The SMILES string of the molecule is Fc1ccc(Br)cc1OBOc1cc(Br)ccc1F. The minimum Gasteiger partial charge on any atom is -0.526 e. The average Bonchev–Trinajstić information content (AvgIpc) is 2.38. The summed E-state index contributed by atoms with van der Waals surface area (Å²) >= 11 is 6.40. The summed E-state index contributed by atoms with van der Waals surface area (Å²) in [5, 5.41) is 0. The molecule has 0 N–H and O–H groups in total. The fourth-order valence-corrected chi connectivity index (χ4v) is 2.01. The predicted octanol–water partition coefficient (Wildman–Crippen LogP) is 4.21. The van der Waals surface area contributed by atoms with E-state index in [9.17, 15) is 8.78 Å². The van der Waals surface area contributed by atoms with E-state index in [-0.39, 0.29) is 19.2 Å². The summed E-state index contributed by atoms with van der Waals surface area (Å²) in [6, 6.07) is 8.57. The van der Waals surface area contributed by atoms with Crippen LogP contribution in [-0.2, 0) is 0 Å². The highest BCUT2D eigenvalue weighted by Gasteiger charge is 2.09. The standard InChI is InChI=1S/C12H7BBr2F2O2/c14-7-1-3-9(16)11(5-7)18-13-19-12-6-8(15)2-4-10(12)17/h1-6,13H. The molecule has 2 aromatic carbocycles. The third-order valence-corrected chi connectivity index (χ3v) is 3.20. The molecule has 0 aliphatic heterocycles. The minimum atomic E-state index is -0.512. The zero-order chi connectivity index (χ0) is 13.8. The Morgan fingerprint density at radius 1 is 0.789 bits per heavy atom. The van der Waals surface area contributed by atoms with Crippen molar-refractivity contribution in [3.63, 3.8) is 0 Å². The number of benzene rings is 2. The molecule has 0 bridgehead atoms. The van der Waals surface area contributed by atoms with Gasteiger partial charge in [-0.15, -0.1) is 0 Å². The molecule has 0 fully saturated rings. The summed E-state index contributed by atoms with van der Waals surface area (Å²) in [6.45, 7) is 0. The lowest BCUT2D eigenvalue weighted by Gasteiger charge is -2.09. The third kappa shape index (κ3) is 3.94. The number of rotatable bonds is 4. The zero-order valence-electron chi connectivity index (χ0n) is 9.50. The number of hydrogen-bond donors (Lipinski definition) is 0. The van der Waals surface area contributed by atoms with Crippen molar-refractivity contribution < 1.29 is 18.1 Å². The van der Waals surface area contributed by atoms with Gasteiger partial charge in [0.15, 0.2) is 11.6 Å². The molecule has 0 atom stereocenters. The Bertz CT molecular complexity index is 544. The van der Waals surface area contributed by atoms with Crippen LogP contribution in [0.2, 0.25) is 0 Å². The van der Waals surface area contributed by atoms with Gasteiger partial charge in [-0.25, -0.2) is 8.78 Å². The Hall–Kier alpha value is -1.08. The van der Waals surface area contributed by atoms with Gasteiger partial charge in [0.1, 0.15) is 11.5 Å². The van der Waals surface area contributed by atoms with Crippen LogP contribution in [0.15, 0.2) is 45.3 Å². The molecule has 0 aliphatic carbocycles. The van der Waals surface area contributed by atoms with E-state index >= 15 is 0 Å². The Morgan fingerprint density at radius 3 is 1.63 bits per heavy atom. The molecule has 98 valence electrons. The molecule has 0 heterocycles. The van der Waals surface area contributed by atoms with Crippen molar-refractivity contribution in [2.75, 3.05) is 0 Å². The zero-order valence-corrected chi connectivity index (χ0v) is 12.7. The molecule has 0 unspecified atom stereocenters. The summed E-state index contributed by atoms with van der Waals surface area (Å²) in [5.41, 5.74) is 0. The Labute approximate surface area is 126 Å². The topological polar surface area (TPSA) is 18.5 Å². The molecular formula is C12H7BBr2F2O2.